The summed E-state index contributed by atoms with van der Waals surface area (Å²) in [6.07, 6.45) is 0.776. The molecular formula is C13H19NO3. The van der Waals surface area contributed by atoms with Crippen molar-refractivity contribution in [3.05, 3.63) is 35.4 Å². The SMILES string of the molecule is COC(=O)CCNC=O.Cc1ccc(C)cc1. The van der Waals surface area contributed by atoms with Crippen LogP contribution in [0.4, 0.5) is 0 Å². The van der Waals surface area contributed by atoms with Gasteiger partial charge < -0.3 is 10.1 Å². The number of aryl methyl sites for hydroxylation is 2. The molecule has 0 saturated heterocycles. The standard InChI is InChI=1S/C8H10.C5H9NO3/c1-7-3-5-8(2)6-4-7;1-9-5(8)2-3-6-4-7/h3-6H,1-2H3;4H,2-3H2,1H3,(H,6,7). The summed E-state index contributed by atoms with van der Waals surface area (Å²) in [5, 5.41) is 2.33. The predicted octanol–water partition coefficient (Wildman–Crippen LogP) is 1.60. The Labute approximate surface area is 102 Å². The van der Waals surface area contributed by atoms with Gasteiger partial charge in [0.25, 0.3) is 0 Å². The summed E-state index contributed by atoms with van der Waals surface area (Å²) in [4.78, 5) is 19.9. The van der Waals surface area contributed by atoms with Crippen molar-refractivity contribution in [1.29, 1.82) is 0 Å². The van der Waals surface area contributed by atoms with E-state index in [0.29, 0.717) is 13.0 Å². The topological polar surface area (TPSA) is 55.4 Å². The van der Waals surface area contributed by atoms with Crippen LogP contribution in [-0.4, -0.2) is 26.0 Å². The molecule has 0 fully saturated rings. The van der Waals surface area contributed by atoms with Crippen molar-refractivity contribution in [3.63, 3.8) is 0 Å². The molecule has 17 heavy (non-hydrogen) atoms. The minimum Gasteiger partial charge on any atom is -0.469 e. The zero-order valence-corrected chi connectivity index (χ0v) is 10.5. The van der Waals surface area contributed by atoms with Gasteiger partial charge in [-0.2, -0.15) is 0 Å². The molecule has 94 valence electrons. The summed E-state index contributed by atoms with van der Waals surface area (Å²) in [5.41, 5.74) is 2.66. The highest BCUT2D eigenvalue weighted by molar-refractivity contribution is 5.69. The van der Waals surface area contributed by atoms with E-state index in [2.05, 4.69) is 48.2 Å². The van der Waals surface area contributed by atoms with E-state index < -0.39 is 0 Å². The van der Waals surface area contributed by atoms with Crippen molar-refractivity contribution in [3.8, 4) is 0 Å². The second-order valence-electron chi connectivity index (χ2n) is 3.55. The van der Waals surface area contributed by atoms with Crippen LogP contribution in [0.15, 0.2) is 24.3 Å². The number of hydrogen-bond acceptors (Lipinski definition) is 3. The van der Waals surface area contributed by atoms with Crippen molar-refractivity contribution >= 4 is 12.4 Å². The molecule has 0 unspecified atom stereocenters. The van der Waals surface area contributed by atoms with E-state index in [0.717, 1.165) is 0 Å². The summed E-state index contributed by atoms with van der Waals surface area (Å²) in [6.45, 7) is 4.54. The molecule has 0 aliphatic carbocycles. The molecule has 0 bridgehead atoms. The van der Waals surface area contributed by atoms with Gasteiger partial charge in [0.1, 0.15) is 0 Å². The fourth-order valence-corrected chi connectivity index (χ4v) is 0.972. The first-order chi connectivity index (χ1) is 8.10. The van der Waals surface area contributed by atoms with Crippen LogP contribution in [0.5, 0.6) is 0 Å². The van der Waals surface area contributed by atoms with Crippen molar-refractivity contribution in [1.82, 2.24) is 5.32 Å². The van der Waals surface area contributed by atoms with Crippen LogP contribution in [0.25, 0.3) is 0 Å². The molecule has 0 aromatic heterocycles. The van der Waals surface area contributed by atoms with Gasteiger partial charge in [-0.1, -0.05) is 35.4 Å². The third-order valence-electron chi connectivity index (χ3n) is 2.00. The number of amides is 1. The van der Waals surface area contributed by atoms with E-state index in [4.69, 9.17) is 0 Å². The first kappa shape index (κ1) is 15.2. The molecule has 1 aromatic carbocycles. The normalized spacial score (nSPS) is 8.65. The summed E-state index contributed by atoms with van der Waals surface area (Å²) in [6, 6.07) is 8.48. The second-order valence-corrected chi connectivity index (χ2v) is 3.55. The van der Waals surface area contributed by atoms with Gasteiger partial charge in [-0.05, 0) is 13.8 Å². The van der Waals surface area contributed by atoms with Crippen molar-refractivity contribution < 1.29 is 14.3 Å². The monoisotopic (exact) mass is 237 g/mol. The summed E-state index contributed by atoms with van der Waals surface area (Å²) >= 11 is 0. The minimum atomic E-state index is -0.315. The first-order valence-electron chi connectivity index (χ1n) is 5.37. The maximum absolute atomic E-state index is 10.3. The van der Waals surface area contributed by atoms with Crippen LogP contribution >= 0.6 is 0 Å². The van der Waals surface area contributed by atoms with Crippen LogP contribution in [0.2, 0.25) is 0 Å². The van der Waals surface area contributed by atoms with Gasteiger partial charge in [0.15, 0.2) is 0 Å². The molecule has 4 nitrogen and oxygen atoms in total. The van der Waals surface area contributed by atoms with Crippen LogP contribution in [-0.2, 0) is 14.3 Å². The third kappa shape index (κ3) is 9.11. The Morgan fingerprint density at radius 2 is 1.71 bits per heavy atom. The van der Waals surface area contributed by atoms with Gasteiger partial charge in [-0.15, -0.1) is 0 Å². The summed E-state index contributed by atoms with van der Waals surface area (Å²) < 4.78 is 4.30. The number of hydrogen-bond donors (Lipinski definition) is 1. The van der Waals surface area contributed by atoms with Crippen LogP contribution in [0.1, 0.15) is 17.5 Å². The second kappa shape index (κ2) is 9.39. The number of carbonyl (C=O) groups excluding carboxylic acids is 2. The third-order valence-corrected chi connectivity index (χ3v) is 2.00. The van der Waals surface area contributed by atoms with E-state index in [9.17, 15) is 9.59 Å². The quantitative estimate of drug-likeness (QED) is 0.491. The number of benzene rings is 1. The Kier molecular flexibility index (Phi) is 8.37. The molecule has 0 heterocycles. The average Bonchev–Trinajstić information content (AvgIpc) is 2.34. The first-order valence-corrected chi connectivity index (χ1v) is 5.37. The Morgan fingerprint density at radius 1 is 1.24 bits per heavy atom. The highest BCUT2D eigenvalue weighted by Gasteiger charge is 1.95. The molecule has 0 radical (unpaired) electrons. The highest BCUT2D eigenvalue weighted by atomic mass is 16.5. The van der Waals surface area contributed by atoms with Crippen molar-refractivity contribution in [2.75, 3.05) is 13.7 Å². The molecule has 0 aliphatic rings. The zero-order valence-electron chi connectivity index (χ0n) is 10.5. The predicted molar refractivity (Wildman–Crippen MR) is 66.6 cm³/mol. The van der Waals surface area contributed by atoms with Crippen molar-refractivity contribution in [2.45, 2.75) is 20.3 Å². The van der Waals surface area contributed by atoms with Gasteiger partial charge in [-0.25, -0.2) is 0 Å². The molecule has 0 spiro atoms. The average molecular weight is 237 g/mol. The number of esters is 1. The van der Waals surface area contributed by atoms with Gasteiger partial charge in [-0.3, -0.25) is 9.59 Å². The van der Waals surface area contributed by atoms with Crippen molar-refractivity contribution in [2.24, 2.45) is 0 Å². The Bertz CT molecular complexity index is 312. The lowest BCUT2D eigenvalue weighted by Gasteiger charge is -1.95. The maximum atomic E-state index is 10.3. The van der Waals surface area contributed by atoms with E-state index in [1.54, 1.807) is 0 Å². The fraction of sp³-hybridized carbons (Fsp3) is 0.385. The van der Waals surface area contributed by atoms with Gasteiger partial charge in [0.2, 0.25) is 6.41 Å². The largest absolute Gasteiger partial charge is 0.469 e. The number of rotatable bonds is 4. The molecule has 0 aliphatic heterocycles. The number of ether oxygens (including phenoxy) is 1. The number of nitrogens with one attached hydrogen (secondary N) is 1. The van der Waals surface area contributed by atoms with Crippen LogP contribution in [0.3, 0.4) is 0 Å². The lowest BCUT2D eigenvalue weighted by atomic mass is 10.2. The van der Waals surface area contributed by atoms with Gasteiger partial charge >= 0.3 is 5.97 Å². The van der Waals surface area contributed by atoms with Gasteiger partial charge in [0.05, 0.1) is 13.5 Å². The molecule has 0 atom stereocenters. The molecule has 1 rings (SSSR count). The minimum absolute atomic E-state index is 0.231. The Hall–Kier alpha value is -1.84. The molecule has 1 amide bonds. The van der Waals surface area contributed by atoms with E-state index in [-0.39, 0.29) is 12.4 Å². The molecule has 0 saturated carbocycles. The van der Waals surface area contributed by atoms with Crippen LogP contribution in [0, 0.1) is 13.8 Å². The number of carbonyl (C=O) groups is 2. The zero-order chi connectivity index (χ0) is 13.1. The summed E-state index contributed by atoms with van der Waals surface area (Å²) in [7, 11) is 1.31. The molecule has 4 heteroatoms. The number of methoxy groups -OCH3 is 1. The van der Waals surface area contributed by atoms with E-state index in [1.165, 1.54) is 18.2 Å². The van der Waals surface area contributed by atoms with E-state index >= 15 is 0 Å². The lowest BCUT2D eigenvalue weighted by Crippen LogP contribution is -2.16. The Balaban J connectivity index is 0.000000302. The van der Waals surface area contributed by atoms with Crippen LogP contribution < -0.4 is 5.32 Å². The fourth-order valence-electron chi connectivity index (χ4n) is 0.972. The maximum Gasteiger partial charge on any atom is 0.307 e. The Morgan fingerprint density at radius 3 is 2.06 bits per heavy atom. The highest BCUT2D eigenvalue weighted by Crippen LogP contribution is 1.99. The molecular weight excluding hydrogens is 218 g/mol. The molecule has 1 aromatic rings. The summed E-state index contributed by atoms with van der Waals surface area (Å²) in [5.74, 6) is -0.315. The van der Waals surface area contributed by atoms with Gasteiger partial charge in [0, 0.05) is 6.54 Å². The lowest BCUT2D eigenvalue weighted by molar-refractivity contribution is -0.140. The van der Waals surface area contributed by atoms with E-state index in [1.807, 2.05) is 0 Å². The smallest absolute Gasteiger partial charge is 0.307 e. The molecule has 1 N–H and O–H groups in total.